The van der Waals surface area contributed by atoms with Crippen molar-refractivity contribution in [3.8, 4) is 0 Å². The third-order valence-corrected chi connectivity index (χ3v) is 0.993. The van der Waals surface area contributed by atoms with Crippen LogP contribution in [0.2, 0.25) is 0 Å². The van der Waals surface area contributed by atoms with Crippen LogP contribution in [0.1, 0.15) is 17.3 Å². The molecule has 0 radical (unpaired) electrons. The summed E-state index contributed by atoms with van der Waals surface area (Å²) in [7, 11) is 0. The van der Waals surface area contributed by atoms with Gasteiger partial charge < -0.3 is 9.15 Å². The van der Waals surface area contributed by atoms with Gasteiger partial charge in [0.1, 0.15) is 6.26 Å². The molecule has 11 heavy (non-hydrogen) atoms. The maximum absolute atomic E-state index is 10.8. The highest BCUT2D eigenvalue weighted by Gasteiger charge is 2.09. The van der Waals surface area contributed by atoms with Crippen molar-refractivity contribution in [2.45, 2.75) is 6.92 Å². The monoisotopic (exact) mass is 154 g/mol. The zero-order valence-corrected chi connectivity index (χ0v) is 5.87. The van der Waals surface area contributed by atoms with Crippen LogP contribution in [0.3, 0.4) is 0 Å². The van der Waals surface area contributed by atoms with E-state index in [0.717, 1.165) is 6.92 Å². The Morgan fingerprint density at radius 1 is 1.55 bits per heavy atom. The molecule has 1 heterocycles. The van der Waals surface area contributed by atoms with E-state index in [1.165, 1.54) is 18.6 Å². The molecule has 4 nitrogen and oxygen atoms in total. The van der Waals surface area contributed by atoms with Crippen molar-refractivity contribution in [1.82, 2.24) is 0 Å². The van der Waals surface area contributed by atoms with Crippen molar-refractivity contribution >= 4 is 11.9 Å². The van der Waals surface area contributed by atoms with Crippen LogP contribution in [0.4, 0.5) is 0 Å². The van der Waals surface area contributed by atoms with E-state index in [4.69, 9.17) is 0 Å². The van der Waals surface area contributed by atoms with Crippen LogP contribution >= 0.6 is 0 Å². The first-order valence-corrected chi connectivity index (χ1v) is 2.95. The molecule has 0 saturated heterocycles. The lowest BCUT2D eigenvalue weighted by atomic mass is 10.3. The third kappa shape index (κ3) is 1.93. The first-order valence-electron chi connectivity index (χ1n) is 2.95. The Morgan fingerprint density at radius 3 is 2.73 bits per heavy atom. The Labute approximate surface area is 62.8 Å². The summed E-state index contributed by atoms with van der Waals surface area (Å²) in [5.41, 5.74) is 0.236. The van der Waals surface area contributed by atoms with Crippen molar-refractivity contribution in [2.75, 3.05) is 0 Å². The highest BCUT2D eigenvalue weighted by Crippen LogP contribution is 2.01. The van der Waals surface area contributed by atoms with Crippen LogP contribution in [-0.2, 0) is 9.53 Å². The second-order valence-electron chi connectivity index (χ2n) is 1.89. The molecule has 0 aliphatic rings. The van der Waals surface area contributed by atoms with Crippen molar-refractivity contribution in [3.63, 3.8) is 0 Å². The van der Waals surface area contributed by atoms with Gasteiger partial charge in [-0.15, -0.1) is 0 Å². The van der Waals surface area contributed by atoms with E-state index >= 15 is 0 Å². The largest absolute Gasteiger partial charge is 0.472 e. The number of hydrogen-bond acceptors (Lipinski definition) is 4. The van der Waals surface area contributed by atoms with Gasteiger partial charge in [-0.25, -0.2) is 4.79 Å². The molecule has 0 saturated carbocycles. The summed E-state index contributed by atoms with van der Waals surface area (Å²) < 4.78 is 8.86. The highest BCUT2D eigenvalue weighted by atomic mass is 16.6. The lowest BCUT2D eigenvalue weighted by Crippen LogP contribution is -2.07. The smallest absolute Gasteiger partial charge is 0.349 e. The molecule has 0 bridgehead atoms. The van der Waals surface area contributed by atoms with Crippen LogP contribution in [0.5, 0.6) is 0 Å². The summed E-state index contributed by atoms with van der Waals surface area (Å²) >= 11 is 0. The molecule has 58 valence electrons. The summed E-state index contributed by atoms with van der Waals surface area (Å²) in [5.74, 6) is -1.32. The van der Waals surface area contributed by atoms with Gasteiger partial charge in [0, 0.05) is 6.92 Å². The second-order valence-corrected chi connectivity index (χ2v) is 1.89. The summed E-state index contributed by atoms with van der Waals surface area (Å²) in [6.07, 6.45) is 2.54. The number of carbonyl (C=O) groups excluding carboxylic acids is 2. The summed E-state index contributed by atoms with van der Waals surface area (Å²) in [6, 6.07) is 1.42. The molecule has 0 fully saturated rings. The van der Waals surface area contributed by atoms with Gasteiger partial charge in [-0.1, -0.05) is 0 Å². The highest BCUT2D eigenvalue weighted by molar-refractivity contribution is 5.95. The van der Waals surface area contributed by atoms with Crippen molar-refractivity contribution in [3.05, 3.63) is 24.2 Å². The molecule has 1 aromatic rings. The maximum Gasteiger partial charge on any atom is 0.349 e. The lowest BCUT2D eigenvalue weighted by Gasteiger charge is -1.93. The molecule has 0 spiro atoms. The van der Waals surface area contributed by atoms with E-state index in [9.17, 15) is 9.59 Å². The summed E-state index contributed by atoms with van der Waals surface area (Å²) in [5, 5.41) is 0. The Hall–Kier alpha value is -1.58. The molecule has 0 aliphatic carbocycles. The molecular formula is C7H6O4. The van der Waals surface area contributed by atoms with Gasteiger partial charge >= 0.3 is 11.9 Å². The predicted molar refractivity (Wildman–Crippen MR) is 34.8 cm³/mol. The topological polar surface area (TPSA) is 56.5 Å². The van der Waals surface area contributed by atoms with E-state index in [2.05, 4.69) is 9.15 Å². The number of esters is 2. The minimum absolute atomic E-state index is 0.236. The van der Waals surface area contributed by atoms with E-state index in [-0.39, 0.29) is 5.56 Å². The van der Waals surface area contributed by atoms with Gasteiger partial charge in [0.25, 0.3) is 0 Å². The molecule has 0 aliphatic heterocycles. The molecule has 0 N–H and O–H groups in total. The first-order chi connectivity index (χ1) is 5.20. The standard InChI is InChI=1S/C7H6O4/c1-5(8)11-7(9)6-2-3-10-4-6/h2-4H,1H3. The Kier molecular flexibility index (Phi) is 2.06. The molecule has 0 amide bonds. The zero-order chi connectivity index (χ0) is 8.27. The summed E-state index contributed by atoms with van der Waals surface area (Å²) in [4.78, 5) is 21.1. The average Bonchev–Trinajstić information content (AvgIpc) is 2.35. The molecular weight excluding hydrogens is 148 g/mol. The fraction of sp³-hybridized carbons (Fsp3) is 0.143. The first kappa shape index (κ1) is 7.53. The fourth-order valence-corrected chi connectivity index (χ4v) is 0.570. The van der Waals surface area contributed by atoms with Gasteiger partial charge in [-0.05, 0) is 6.07 Å². The van der Waals surface area contributed by atoms with Crippen LogP contribution in [0.25, 0.3) is 0 Å². The number of carbonyl (C=O) groups is 2. The van der Waals surface area contributed by atoms with Gasteiger partial charge in [-0.3, -0.25) is 4.79 Å². The Morgan fingerprint density at radius 2 is 2.27 bits per heavy atom. The zero-order valence-electron chi connectivity index (χ0n) is 5.87. The maximum atomic E-state index is 10.8. The van der Waals surface area contributed by atoms with Crippen LogP contribution in [0, 0.1) is 0 Å². The van der Waals surface area contributed by atoms with Gasteiger partial charge in [-0.2, -0.15) is 0 Å². The quantitative estimate of drug-likeness (QED) is 0.447. The van der Waals surface area contributed by atoms with Crippen molar-refractivity contribution in [2.24, 2.45) is 0 Å². The Balaban J connectivity index is 2.64. The third-order valence-electron chi connectivity index (χ3n) is 0.993. The molecule has 0 unspecified atom stereocenters. The predicted octanol–water partition coefficient (Wildman–Crippen LogP) is 0.983. The average molecular weight is 154 g/mol. The van der Waals surface area contributed by atoms with Crippen LogP contribution < -0.4 is 0 Å². The fourth-order valence-electron chi connectivity index (χ4n) is 0.570. The van der Waals surface area contributed by atoms with E-state index in [0.29, 0.717) is 0 Å². The lowest BCUT2D eigenvalue weighted by molar-refractivity contribution is -0.135. The van der Waals surface area contributed by atoms with E-state index < -0.39 is 11.9 Å². The molecule has 1 aromatic heterocycles. The summed E-state index contributed by atoms with van der Waals surface area (Å²) in [6.45, 7) is 1.16. The molecule has 0 aromatic carbocycles. The van der Waals surface area contributed by atoms with Crippen LogP contribution in [0.15, 0.2) is 23.0 Å². The van der Waals surface area contributed by atoms with Crippen molar-refractivity contribution < 1.29 is 18.7 Å². The molecule has 0 atom stereocenters. The number of furan rings is 1. The van der Waals surface area contributed by atoms with Crippen LogP contribution in [-0.4, -0.2) is 11.9 Å². The minimum Gasteiger partial charge on any atom is -0.472 e. The van der Waals surface area contributed by atoms with E-state index in [1.54, 1.807) is 0 Å². The number of ether oxygens (including phenoxy) is 1. The normalized spacial score (nSPS) is 9.18. The molecule has 4 heteroatoms. The van der Waals surface area contributed by atoms with E-state index in [1.807, 2.05) is 0 Å². The SMILES string of the molecule is CC(=O)OC(=O)c1ccoc1. The van der Waals surface area contributed by atoms with Gasteiger partial charge in [0.2, 0.25) is 0 Å². The number of rotatable bonds is 1. The number of hydrogen-bond donors (Lipinski definition) is 0. The van der Waals surface area contributed by atoms with Crippen molar-refractivity contribution in [1.29, 1.82) is 0 Å². The Bertz CT molecular complexity index is 260. The van der Waals surface area contributed by atoms with Gasteiger partial charge in [0.15, 0.2) is 0 Å². The second kappa shape index (κ2) is 3.01. The molecule has 1 rings (SSSR count). The van der Waals surface area contributed by atoms with Gasteiger partial charge in [0.05, 0.1) is 11.8 Å². The minimum atomic E-state index is -0.689.